The van der Waals surface area contributed by atoms with Crippen molar-refractivity contribution >= 4 is 5.97 Å². The van der Waals surface area contributed by atoms with Crippen molar-refractivity contribution in [3.63, 3.8) is 0 Å². The van der Waals surface area contributed by atoms with Gasteiger partial charge in [0.05, 0.1) is 7.11 Å². The summed E-state index contributed by atoms with van der Waals surface area (Å²) < 4.78 is 4.16. The van der Waals surface area contributed by atoms with E-state index < -0.39 is 5.97 Å². The number of ether oxygens (including phenoxy) is 1. The maximum atomic E-state index is 9.59. The molecule has 0 radical (unpaired) electrons. The van der Waals surface area contributed by atoms with Crippen molar-refractivity contribution in [2.75, 3.05) is 7.11 Å². The average Bonchev–Trinajstić information content (AvgIpc) is 1.65. The predicted molar refractivity (Wildman–Crippen MR) is 21.2 cm³/mol. The van der Waals surface area contributed by atoms with Crippen LogP contribution in [0.15, 0.2) is 12.3 Å². The molecule has 0 spiro atoms. The molecule has 4 heteroatoms. The molecule has 0 aliphatic heterocycles. The van der Waals surface area contributed by atoms with Gasteiger partial charge in [-0.3, -0.25) is 0 Å². The first-order valence-electron chi connectivity index (χ1n) is 1.62. The number of rotatable bonds is 2. The average molecular weight is 140 g/mol. The second kappa shape index (κ2) is 5.78. The standard InChI is InChI=1S/C4H6O3.K/c1-3(7-2)4(5)6;/h1H2,2H3,(H,5,6);/q;+1/p-1. The van der Waals surface area contributed by atoms with Crippen molar-refractivity contribution in [2.24, 2.45) is 0 Å². The first-order valence-corrected chi connectivity index (χ1v) is 1.62. The third-order valence-corrected chi connectivity index (χ3v) is 0.474. The minimum absolute atomic E-state index is 0. The van der Waals surface area contributed by atoms with E-state index in [-0.39, 0.29) is 57.1 Å². The Morgan fingerprint density at radius 2 is 2.12 bits per heavy atom. The molecular formula is C4H5KO3. The van der Waals surface area contributed by atoms with Crippen molar-refractivity contribution < 1.29 is 66.0 Å². The Kier molecular flexibility index (Phi) is 8.26. The summed E-state index contributed by atoms with van der Waals surface area (Å²) in [6.07, 6.45) is 0. The number of carboxylic acids is 1. The minimum Gasteiger partial charge on any atom is -0.542 e. The largest absolute Gasteiger partial charge is 1.00 e. The Morgan fingerprint density at radius 1 is 1.75 bits per heavy atom. The van der Waals surface area contributed by atoms with Crippen molar-refractivity contribution in [3.8, 4) is 0 Å². The monoisotopic (exact) mass is 140 g/mol. The van der Waals surface area contributed by atoms with Gasteiger partial charge >= 0.3 is 51.4 Å². The molecule has 0 bridgehead atoms. The molecule has 0 heterocycles. The fraction of sp³-hybridized carbons (Fsp3) is 0.250. The number of carbonyl (C=O) groups excluding carboxylic acids is 1. The smallest absolute Gasteiger partial charge is 0.542 e. The maximum absolute atomic E-state index is 9.59. The molecule has 0 fully saturated rings. The maximum Gasteiger partial charge on any atom is 1.00 e. The fourth-order valence-electron chi connectivity index (χ4n) is 0.0833. The van der Waals surface area contributed by atoms with Crippen LogP contribution in [-0.4, -0.2) is 13.1 Å². The number of aliphatic carboxylic acids is 1. The van der Waals surface area contributed by atoms with E-state index in [0.29, 0.717) is 0 Å². The van der Waals surface area contributed by atoms with Crippen LogP contribution in [0.1, 0.15) is 0 Å². The fourth-order valence-corrected chi connectivity index (χ4v) is 0.0833. The van der Waals surface area contributed by atoms with Crippen LogP contribution in [0, 0.1) is 0 Å². The first kappa shape index (κ1) is 11.4. The summed E-state index contributed by atoms with van der Waals surface area (Å²) in [5, 5.41) is 9.59. The van der Waals surface area contributed by atoms with Gasteiger partial charge in [0.2, 0.25) is 0 Å². The Hall–Kier alpha value is 0.646. The number of carbonyl (C=O) groups is 1. The first-order chi connectivity index (χ1) is 3.18. The second-order valence-electron chi connectivity index (χ2n) is 0.915. The third-order valence-electron chi connectivity index (χ3n) is 0.474. The van der Waals surface area contributed by atoms with Gasteiger partial charge in [-0.25, -0.2) is 0 Å². The number of hydrogen-bond donors (Lipinski definition) is 0. The van der Waals surface area contributed by atoms with Gasteiger partial charge in [-0.15, -0.1) is 0 Å². The van der Waals surface area contributed by atoms with E-state index in [2.05, 4.69) is 11.3 Å². The van der Waals surface area contributed by atoms with E-state index in [1.807, 2.05) is 0 Å². The number of methoxy groups -OCH3 is 1. The molecule has 8 heavy (non-hydrogen) atoms. The molecule has 3 nitrogen and oxygen atoms in total. The van der Waals surface area contributed by atoms with Crippen LogP contribution in [0.5, 0.6) is 0 Å². The van der Waals surface area contributed by atoms with Crippen molar-refractivity contribution in [1.82, 2.24) is 0 Å². The zero-order chi connectivity index (χ0) is 5.86. The molecule has 40 valence electrons. The van der Waals surface area contributed by atoms with E-state index in [0.717, 1.165) is 0 Å². The molecule has 0 saturated carbocycles. The van der Waals surface area contributed by atoms with Gasteiger partial charge in [0.15, 0.2) is 0 Å². The van der Waals surface area contributed by atoms with Gasteiger partial charge in [0.25, 0.3) is 0 Å². The van der Waals surface area contributed by atoms with Crippen LogP contribution < -0.4 is 56.5 Å². The molecular weight excluding hydrogens is 135 g/mol. The molecule has 0 aromatic carbocycles. The van der Waals surface area contributed by atoms with Crippen LogP contribution in [0.2, 0.25) is 0 Å². The van der Waals surface area contributed by atoms with Crippen LogP contribution in [0.4, 0.5) is 0 Å². The number of hydrogen-bond acceptors (Lipinski definition) is 3. The third kappa shape index (κ3) is 4.80. The van der Waals surface area contributed by atoms with Gasteiger partial charge in [-0.1, -0.05) is 6.58 Å². The molecule has 0 aliphatic carbocycles. The molecule has 0 aromatic heterocycles. The summed E-state index contributed by atoms with van der Waals surface area (Å²) in [6.45, 7) is 2.99. The predicted octanol–water partition coefficient (Wildman–Crippen LogP) is -4.10. The zero-order valence-corrected chi connectivity index (χ0v) is 8.05. The summed E-state index contributed by atoms with van der Waals surface area (Å²) in [5.74, 6) is -1.72. The summed E-state index contributed by atoms with van der Waals surface area (Å²) in [5.41, 5.74) is 0. The van der Waals surface area contributed by atoms with Gasteiger partial charge in [-0.05, 0) is 0 Å². The van der Waals surface area contributed by atoms with E-state index in [9.17, 15) is 9.90 Å². The second-order valence-corrected chi connectivity index (χ2v) is 0.915. The zero-order valence-electron chi connectivity index (χ0n) is 4.93. The SMILES string of the molecule is C=C(OC)C(=O)[O-].[K+]. The molecule has 0 atom stereocenters. The molecule has 0 aromatic rings. The molecule has 0 aliphatic rings. The van der Waals surface area contributed by atoms with Crippen LogP contribution >= 0.6 is 0 Å². The van der Waals surface area contributed by atoms with Crippen LogP contribution in [-0.2, 0) is 9.53 Å². The molecule has 0 unspecified atom stereocenters. The van der Waals surface area contributed by atoms with Crippen molar-refractivity contribution in [2.45, 2.75) is 0 Å². The minimum atomic E-state index is -1.37. The van der Waals surface area contributed by atoms with Gasteiger partial charge < -0.3 is 14.6 Å². The van der Waals surface area contributed by atoms with E-state index in [1.54, 1.807) is 0 Å². The van der Waals surface area contributed by atoms with Gasteiger partial charge in [0, 0.05) is 0 Å². The molecule has 0 amide bonds. The Balaban J connectivity index is 0. The van der Waals surface area contributed by atoms with Crippen LogP contribution in [0.3, 0.4) is 0 Å². The Morgan fingerprint density at radius 3 is 2.12 bits per heavy atom. The van der Waals surface area contributed by atoms with Gasteiger partial charge in [0.1, 0.15) is 11.7 Å². The van der Waals surface area contributed by atoms with E-state index in [4.69, 9.17) is 0 Å². The summed E-state index contributed by atoms with van der Waals surface area (Å²) in [4.78, 5) is 9.59. The molecule has 0 N–H and O–H groups in total. The summed E-state index contributed by atoms with van der Waals surface area (Å²) in [7, 11) is 1.22. The normalized spacial score (nSPS) is 6.62. The van der Waals surface area contributed by atoms with Crippen molar-refractivity contribution in [3.05, 3.63) is 12.3 Å². The Labute approximate surface area is 90.1 Å². The van der Waals surface area contributed by atoms with Crippen LogP contribution in [0.25, 0.3) is 0 Å². The van der Waals surface area contributed by atoms with E-state index in [1.165, 1.54) is 7.11 Å². The topological polar surface area (TPSA) is 49.4 Å². The molecule has 0 rings (SSSR count). The Bertz CT molecular complexity index is 99.5. The van der Waals surface area contributed by atoms with Crippen molar-refractivity contribution in [1.29, 1.82) is 0 Å². The molecule has 0 saturated heterocycles. The van der Waals surface area contributed by atoms with Gasteiger partial charge in [-0.2, -0.15) is 0 Å². The summed E-state index contributed by atoms with van der Waals surface area (Å²) >= 11 is 0. The summed E-state index contributed by atoms with van der Waals surface area (Å²) in [6, 6.07) is 0. The number of carboxylic acid groups (broad SMARTS) is 1. The van der Waals surface area contributed by atoms with E-state index >= 15 is 0 Å². The quantitative estimate of drug-likeness (QED) is 0.222.